The lowest BCUT2D eigenvalue weighted by Gasteiger charge is -2.34. The van der Waals surface area contributed by atoms with Crippen LogP contribution >= 0.6 is 11.3 Å². The van der Waals surface area contributed by atoms with Gasteiger partial charge in [-0.05, 0) is 57.4 Å². The van der Waals surface area contributed by atoms with Crippen molar-refractivity contribution in [2.24, 2.45) is 0 Å². The van der Waals surface area contributed by atoms with Gasteiger partial charge in [-0.2, -0.15) is 0 Å². The summed E-state index contributed by atoms with van der Waals surface area (Å²) in [7, 11) is 2.16. The Hall–Kier alpha value is -2.97. The number of benzene rings is 1. The smallest absolute Gasteiger partial charge is 0.293 e. The number of piperazine rings is 1. The van der Waals surface area contributed by atoms with Crippen LogP contribution in [0.1, 0.15) is 62.2 Å². The number of aromatic nitrogens is 1. The van der Waals surface area contributed by atoms with Crippen LogP contribution in [0, 0.1) is 0 Å². The highest BCUT2D eigenvalue weighted by Crippen LogP contribution is 2.30. The molecule has 204 valence electrons. The summed E-state index contributed by atoms with van der Waals surface area (Å²) < 4.78 is 4.57. The fraction of sp³-hybridized carbons (Fsp3) is 0.500. The van der Waals surface area contributed by atoms with Gasteiger partial charge in [0.1, 0.15) is 6.61 Å². The third kappa shape index (κ3) is 8.01. The molecule has 0 bridgehead atoms. The van der Waals surface area contributed by atoms with E-state index in [0.29, 0.717) is 13.1 Å². The summed E-state index contributed by atoms with van der Waals surface area (Å²) in [5.74, 6) is 0.0346. The molecule has 2 heterocycles. The van der Waals surface area contributed by atoms with E-state index in [9.17, 15) is 9.59 Å². The molecule has 7 nitrogen and oxygen atoms in total. The molecule has 1 N–H and O–H groups in total. The summed E-state index contributed by atoms with van der Waals surface area (Å²) in [5.41, 5.74) is 3.82. The largest absolute Gasteiger partial charge is 0.463 e. The average molecular weight is 537 g/mol. The van der Waals surface area contributed by atoms with Crippen molar-refractivity contribution in [1.29, 1.82) is 0 Å². The molecule has 0 spiro atoms. The minimum atomic E-state index is -0.0552. The van der Waals surface area contributed by atoms with Crippen LogP contribution in [0.3, 0.4) is 0 Å². The quantitative estimate of drug-likeness (QED) is 0.475. The van der Waals surface area contributed by atoms with E-state index < -0.39 is 0 Å². The number of anilines is 1. The third-order valence-corrected chi connectivity index (χ3v) is 8.37. The van der Waals surface area contributed by atoms with Crippen LogP contribution in [0.25, 0.3) is 11.3 Å². The topological polar surface area (TPSA) is 74.8 Å². The van der Waals surface area contributed by atoms with Crippen molar-refractivity contribution in [3.63, 3.8) is 0 Å². The Morgan fingerprint density at radius 1 is 1.11 bits per heavy atom. The molecule has 5 rings (SSSR count). The first-order chi connectivity index (χ1) is 18.5. The van der Waals surface area contributed by atoms with E-state index in [0.717, 1.165) is 79.4 Å². The Kier molecular flexibility index (Phi) is 10.1. The second kappa shape index (κ2) is 13.7. The number of nitrogens with zero attached hydrogens (tertiary/aromatic N) is 3. The third-order valence-electron chi connectivity index (χ3n) is 7.47. The Morgan fingerprint density at radius 2 is 1.84 bits per heavy atom. The van der Waals surface area contributed by atoms with Crippen molar-refractivity contribution in [2.75, 3.05) is 44.7 Å². The molecule has 3 aliphatic rings. The summed E-state index contributed by atoms with van der Waals surface area (Å²) in [5, 5.41) is 6.47. The minimum Gasteiger partial charge on any atom is -0.463 e. The van der Waals surface area contributed by atoms with Crippen LogP contribution < -0.4 is 10.2 Å². The number of carbonyl (C=O) groups excluding carboxylic acids is 2. The number of allylic oxidation sites excluding steroid dienone is 2. The van der Waals surface area contributed by atoms with E-state index in [1.54, 1.807) is 11.3 Å². The number of hydrogen-bond donors (Lipinski definition) is 1. The summed E-state index contributed by atoms with van der Waals surface area (Å²) >= 11 is 1.70. The highest BCUT2D eigenvalue weighted by atomic mass is 32.1. The summed E-state index contributed by atoms with van der Waals surface area (Å²) in [6, 6.07) is 7.87. The number of nitrogens with one attached hydrogen (secondary N) is 1. The second-order valence-corrected chi connectivity index (χ2v) is 11.5. The van der Waals surface area contributed by atoms with Crippen LogP contribution in [0.5, 0.6) is 0 Å². The van der Waals surface area contributed by atoms with E-state index in [1.165, 1.54) is 19.3 Å². The van der Waals surface area contributed by atoms with Crippen molar-refractivity contribution in [3.8, 4) is 11.3 Å². The van der Waals surface area contributed by atoms with Crippen LogP contribution in [0.2, 0.25) is 0 Å². The summed E-state index contributed by atoms with van der Waals surface area (Å²) in [6.07, 6.45) is 14.2. The van der Waals surface area contributed by atoms with Gasteiger partial charge in [-0.25, -0.2) is 4.98 Å². The van der Waals surface area contributed by atoms with Crippen LogP contribution in [0.4, 0.5) is 5.13 Å². The lowest BCUT2D eigenvalue weighted by atomic mass is 9.83. The molecule has 1 saturated carbocycles. The molecule has 1 aromatic heterocycles. The average Bonchev–Trinajstić information content (AvgIpc) is 3.44. The number of carbonyl (C=O) groups is 2. The van der Waals surface area contributed by atoms with Crippen molar-refractivity contribution in [3.05, 3.63) is 59.0 Å². The number of rotatable bonds is 7. The van der Waals surface area contributed by atoms with Gasteiger partial charge in [0.25, 0.3) is 12.4 Å². The normalized spacial score (nSPS) is 19.1. The monoisotopic (exact) mass is 536 g/mol. The predicted molar refractivity (Wildman–Crippen MR) is 155 cm³/mol. The maximum absolute atomic E-state index is 12.7. The molecule has 0 unspecified atom stereocenters. The first kappa shape index (κ1) is 28.0. The van der Waals surface area contributed by atoms with E-state index >= 15 is 0 Å². The maximum atomic E-state index is 12.7. The number of hydrogen-bond acceptors (Lipinski definition) is 7. The molecule has 0 radical (unpaired) electrons. The Morgan fingerprint density at radius 3 is 2.50 bits per heavy atom. The standard InChI is InChI=1S/C22H30N4OS.C8H10O2/c1-22(10-4-3-5-11-22)24-20(27)18-8-6-17(7-9-18)19-16-28-21(23-19)26-14-12-25(2)13-15-26;9-7-10-6-8-4-2-1-3-5-8/h6-9,16H,3-5,10-15H2,1-2H3,(H,24,27);2,4-5,7H,1,3,6H2. The molecule has 1 saturated heterocycles. The van der Waals surface area contributed by atoms with Gasteiger partial charge in [-0.3, -0.25) is 9.59 Å². The first-order valence-corrected chi connectivity index (χ1v) is 14.6. The Bertz CT molecular complexity index is 1110. The fourth-order valence-corrected chi connectivity index (χ4v) is 5.93. The zero-order chi connectivity index (χ0) is 26.8. The molecule has 8 heteroatoms. The van der Waals surface area contributed by atoms with Crippen LogP contribution in [0.15, 0.2) is 53.4 Å². The number of amides is 1. The summed E-state index contributed by atoms with van der Waals surface area (Å²) in [4.78, 5) is 32.0. The Balaban J connectivity index is 0.000000283. The molecule has 2 fully saturated rings. The number of likely N-dealkylation sites (N-methyl/N-ethyl adjacent to an activating group) is 1. The van der Waals surface area contributed by atoms with Gasteiger partial charge in [0, 0.05) is 48.2 Å². The predicted octanol–water partition coefficient (Wildman–Crippen LogP) is 5.45. The van der Waals surface area contributed by atoms with Gasteiger partial charge in [0.2, 0.25) is 0 Å². The zero-order valence-corrected chi connectivity index (χ0v) is 23.5. The zero-order valence-electron chi connectivity index (χ0n) is 22.7. The highest BCUT2D eigenvalue weighted by Gasteiger charge is 2.28. The highest BCUT2D eigenvalue weighted by molar-refractivity contribution is 7.14. The molecule has 38 heavy (non-hydrogen) atoms. The molecular formula is C30H40N4O3S. The number of ether oxygens (including phenoxy) is 1. The van der Waals surface area contributed by atoms with Crippen LogP contribution in [-0.4, -0.2) is 67.6 Å². The summed E-state index contributed by atoms with van der Waals surface area (Å²) in [6.45, 7) is 7.29. The molecule has 2 aliphatic carbocycles. The molecular weight excluding hydrogens is 496 g/mol. The van der Waals surface area contributed by atoms with E-state index in [-0.39, 0.29) is 11.4 Å². The molecule has 1 amide bonds. The van der Waals surface area contributed by atoms with Crippen molar-refractivity contribution in [1.82, 2.24) is 15.2 Å². The van der Waals surface area contributed by atoms with Crippen molar-refractivity contribution < 1.29 is 14.3 Å². The first-order valence-electron chi connectivity index (χ1n) is 13.7. The minimum absolute atomic E-state index is 0.0346. The van der Waals surface area contributed by atoms with Gasteiger partial charge >= 0.3 is 0 Å². The van der Waals surface area contributed by atoms with E-state index in [2.05, 4.69) is 51.4 Å². The maximum Gasteiger partial charge on any atom is 0.293 e. The molecule has 0 atom stereocenters. The van der Waals surface area contributed by atoms with Gasteiger partial charge in [-0.1, -0.05) is 49.6 Å². The second-order valence-electron chi connectivity index (χ2n) is 10.6. The van der Waals surface area contributed by atoms with Crippen molar-refractivity contribution >= 4 is 28.8 Å². The molecule has 2 aromatic rings. The van der Waals surface area contributed by atoms with Crippen LogP contribution in [-0.2, 0) is 9.53 Å². The van der Waals surface area contributed by atoms with Crippen molar-refractivity contribution in [2.45, 2.75) is 57.4 Å². The Labute approximate surface area is 230 Å². The molecule has 1 aromatic carbocycles. The van der Waals surface area contributed by atoms with E-state index in [1.807, 2.05) is 30.3 Å². The van der Waals surface area contributed by atoms with Gasteiger partial charge in [0.05, 0.1) is 5.69 Å². The lowest BCUT2D eigenvalue weighted by Crippen LogP contribution is -2.47. The molecule has 1 aliphatic heterocycles. The number of thiazole rings is 1. The van der Waals surface area contributed by atoms with E-state index in [4.69, 9.17) is 4.98 Å². The van der Waals surface area contributed by atoms with Gasteiger partial charge in [-0.15, -0.1) is 11.3 Å². The fourth-order valence-electron chi connectivity index (χ4n) is 5.04. The van der Waals surface area contributed by atoms with Gasteiger partial charge < -0.3 is 19.9 Å². The lowest BCUT2D eigenvalue weighted by molar-refractivity contribution is -0.127. The van der Waals surface area contributed by atoms with Gasteiger partial charge in [0.15, 0.2) is 5.13 Å². The SMILES string of the molecule is CN1CCN(c2nc(-c3ccc(C(=O)NC4(C)CCCCC4)cc3)cs2)CC1.O=COCC1=CCCC=C1.